The third-order valence-electron chi connectivity index (χ3n) is 7.43. The Labute approximate surface area is 189 Å². The lowest BCUT2D eigenvalue weighted by atomic mass is 9.91. The zero-order valence-electron chi connectivity index (χ0n) is 18.6. The molecule has 3 heterocycles. The fourth-order valence-electron chi connectivity index (χ4n) is 5.74. The van der Waals surface area contributed by atoms with Gasteiger partial charge in [0.25, 0.3) is 5.91 Å². The van der Waals surface area contributed by atoms with E-state index in [1.165, 1.54) is 30.6 Å². The van der Waals surface area contributed by atoms with Crippen molar-refractivity contribution in [2.75, 3.05) is 33.3 Å². The maximum absolute atomic E-state index is 12.8. The summed E-state index contributed by atoms with van der Waals surface area (Å²) in [6.45, 7) is 3.61. The monoisotopic (exact) mass is 448 g/mol. The molecule has 0 radical (unpaired) electrons. The SMILES string of the molecule is COc1ccsc1C(=O)N1CCC(N2CCC(N(C(N)=O)C3CCCCC3)CC2)CC1. The van der Waals surface area contributed by atoms with Crippen LogP contribution in [0.5, 0.6) is 5.75 Å². The number of primary amides is 1. The Bertz CT molecular complexity index is 748. The van der Waals surface area contributed by atoms with Gasteiger partial charge in [0.1, 0.15) is 10.6 Å². The van der Waals surface area contributed by atoms with Crippen molar-refractivity contribution in [3.63, 3.8) is 0 Å². The van der Waals surface area contributed by atoms with E-state index < -0.39 is 0 Å². The molecule has 3 aliphatic rings. The Kier molecular flexibility index (Phi) is 7.38. The second-order valence-corrected chi connectivity index (χ2v) is 10.1. The predicted molar refractivity (Wildman–Crippen MR) is 123 cm³/mol. The molecule has 8 heteroatoms. The van der Waals surface area contributed by atoms with Crippen molar-refractivity contribution in [1.29, 1.82) is 0 Å². The van der Waals surface area contributed by atoms with Gasteiger partial charge in [-0.3, -0.25) is 4.79 Å². The number of hydrogen-bond acceptors (Lipinski definition) is 5. The first-order chi connectivity index (χ1) is 15.1. The lowest BCUT2D eigenvalue weighted by Gasteiger charge is -2.46. The van der Waals surface area contributed by atoms with E-state index in [1.807, 2.05) is 21.2 Å². The average molecular weight is 449 g/mol. The number of hydrogen-bond donors (Lipinski definition) is 1. The molecule has 1 aromatic rings. The summed E-state index contributed by atoms with van der Waals surface area (Å²) < 4.78 is 5.32. The average Bonchev–Trinajstić information content (AvgIpc) is 3.29. The van der Waals surface area contributed by atoms with Crippen molar-refractivity contribution >= 4 is 23.3 Å². The van der Waals surface area contributed by atoms with Crippen LogP contribution in [0, 0.1) is 0 Å². The first kappa shape index (κ1) is 22.4. The van der Waals surface area contributed by atoms with Gasteiger partial charge in [0.05, 0.1) is 7.11 Å². The van der Waals surface area contributed by atoms with Gasteiger partial charge in [0, 0.05) is 44.3 Å². The molecule has 31 heavy (non-hydrogen) atoms. The molecule has 3 fully saturated rings. The third-order valence-corrected chi connectivity index (χ3v) is 8.31. The molecule has 0 unspecified atom stereocenters. The molecule has 2 saturated heterocycles. The summed E-state index contributed by atoms with van der Waals surface area (Å²) in [5, 5.41) is 1.91. The summed E-state index contributed by atoms with van der Waals surface area (Å²) in [4.78, 5) is 32.3. The lowest BCUT2D eigenvalue weighted by molar-refractivity contribution is 0.0434. The molecular formula is C23H36N4O3S. The molecule has 7 nitrogen and oxygen atoms in total. The van der Waals surface area contributed by atoms with Crippen LogP contribution in [0.2, 0.25) is 0 Å². The van der Waals surface area contributed by atoms with Crippen molar-refractivity contribution in [3.8, 4) is 5.75 Å². The molecule has 172 valence electrons. The van der Waals surface area contributed by atoms with Crippen LogP contribution in [0.1, 0.15) is 67.5 Å². The van der Waals surface area contributed by atoms with Gasteiger partial charge in [-0.2, -0.15) is 0 Å². The summed E-state index contributed by atoms with van der Waals surface area (Å²) in [5.74, 6) is 0.768. The van der Waals surface area contributed by atoms with Gasteiger partial charge in [0.2, 0.25) is 0 Å². The summed E-state index contributed by atoms with van der Waals surface area (Å²) in [5.41, 5.74) is 5.81. The second-order valence-electron chi connectivity index (χ2n) is 9.15. The van der Waals surface area contributed by atoms with Gasteiger partial charge < -0.3 is 25.2 Å². The van der Waals surface area contributed by atoms with E-state index in [0.717, 1.165) is 64.7 Å². The van der Waals surface area contributed by atoms with Crippen LogP contribution >= 0.6 is 11.3 Å². The molecule has 3 amide bonds. The van der Waals surface area contributed by atoms with Gasteiger partial charge in [-0.1, -0.05) is 19.3 Å². The number of methoxy groups -OCH3 is 1. The first-order valence-corrected chi connectivity index (χ1v) is 12.7. The summed E-state index contributed by atoms with van der Waals surface area (Å²) >= 11 is 1.45. The number of carbonyl (C=O) groups is 2. The van der Waals surface area contributed by atoms with Gasteiger partial charge >= 0.3 is 6.03 Å². The van der Waals surface area contributed by atoms with E-state index in [9.17, 15) is 9.59 Å². The quantitative estimate of drug-likeness (QED) is 0.747. The van der Waals surface area contributed by atoms with E-state index in [2.05, 4.69) is 4.90 Å². The number of amides is 3. The van der Waals surface area contributed by atoms with Gasteiger partial charge in [-0.15, -0.1) is 11.3 Å². The molecule has 0 aromatic carbocycles. The number of nitrogens with two attached hydrogens (primary N) is 1. The maximum Gasteiger partial charge on any atom is 0.315 e. The first-order valence-electron chi connectivity index (χ1n) is 11.8. The Morgan fingerprint density at radius 2 is 1.65 bits per heavy atom. The highest BCUT2D eigenvalue weighted by Gasteiger charge is 2.35. The minimum Gasteiger partial charge on any atom is -0.495 e. The van der Waals surface area contributed by atoms with Crippen LogP contribution in [-0.4, -0.2) is 78.1 Å². The highest BCUT2D eigenvalue weighted by molar-refractivity contribution is 7.12. The van der Waals surface area contributed by atoms with Gasteiger partial charge in [-0.05, 0) is 50.0 Å². The van der Waals surface area contributed by atoms with Crippen LogP contribution in [0.25, 0.3) is 0 Å². The highest BCUT2D eigenvalue weighted by Crippen LogP contribution is 2.31. The van der Waals surface area contributed by atoms with E-state index in [1.54, 1.807) is 7.11 Å². The van der Waals surface area contributed by atoms with Crippen LogP contribution in [0.4, 0.5) is 4.79 Å². The molecule has 0 bridgehead atoms. The number of ether oxygens (including phenoxy) is 1. The Morgan fingerprint density at radius 1 is 1.00 bits per heavy atom. The number of thiophene rings is 1. The summed E-state index contributed by atoms with van der Waals surface area (Å²) in [6.07, 6.45) is 9.93. The van der Waals surface area contributed by atoms with Crippen molar-refractivity contribution in [2.24, 2.45) is 5.73 Å². The molecular weight excluding hydrogens is 412 g/mol. The molecule has 0 atom stereocenters. The number of rotatable bonds is 5. The van der Waals surface area contributed by atoms with E-state index in [-0.39, 0.29) is 18.0 Å². The molecule has 2 aliphatic heterocycles. The third kappa shape index (κ3) is 5.00. The van der Waals surface area contributed by atoms with E-state index in [0.29, 0.717) is 22.7 Å². The molecule has 4 rings (SSSR count). The summed E-state index contributed by atoms with van der Waals surface area (Å²) in [7, 11) is 1.61. The van der Waals surface area contributed by atoms with Crippen LogP contribution in [0.3, 0.4) is 0 Å². The minimum absolute atomic E-state index is 0.0913. The lowest BCUT2D eigenvalue weighted by Crippen LogP contribution is -2.56. The number of nitrogens with zero attached hydrogens (tertiary/aromatic N) is 3. The number of urea groups is 1. The predicted octanol–water partition coefficient (Wildman–Crippen LogP) is 3.54. The largest absolute Gasteiger partial charge is 0.495 e. The summed E-state index contributed by atoms with van der Waals surface area (Å²) in [6, 6.07) is 2.77. The number of carbonyl (C=O) groups excluding carboxylic acids is 2. The van der Waals surface area contributed by atoms with Gasteiger partial charge in [0.15, 0.2) is 0 Å². The van der Waals surface area contributed by atoms with Gasteiger partial charge in [-0.25, -0.2) is 4.79 Å². The molecule has 1 aromatic heterocycles. The fourth-order valence-corrected chi connectivity index (χ4v) is 6.56. The zero-order chi connectivity index (χ0) is 21.8. The number of piperidine rings is 2. The van der Waals surface area contributed by atoms with E-state index >= 15 is 0 Å². The Hall–Kier alpha value is -1.80. The highest BCUT2D eigenvalue weighted by atomic mass is 32.1. The smallest absolute Gasteiger partial charge is 0.315 e. The van der Waals surface area contributed by atoms with Crippen molar-refractivity contribution in [3.05, 3.63) is 16.3 Å². The Morgan fingerprint density at radius 3 is 2.26 bits per heavy atom. The minimum atomic E-state index is -0.235. The van der Waals surface area contributed by atoms with Crippen LogP contribution in [-0.2, 0) is 0 Å². The fraction of sp³-hybridized carbons (Fsp3) is 0.739. The molecule has 1 aliphatic carbocycles. The van der Waals surface area contributed by atoms with Crippen LogP contribution < -0.4 is 10.5 Å². The van der Waals surface area contributed by atoms with Crippen molar-refractivity contribution in [1.82, 2.24) is 14.7 Å². The van der Waals surface area contributed by atoms with Crippen molar-refractivity contribution in [2.45, 2.75) is 75.9 Å². The van der Waals surface area contributed by atoms with Crippen molar-refractivity contribution < 1.29 is 14.3 Å². The standard InChI is InChI=1S/C23H36N4O3S/c1-30-20-11-16-31-21(20)22(28)26-14-7-17(8-15-26)25-12-9-19(10-13-25)27(23(24)29)18-5-3-2-4-6-18/h11,16-19H,2-10,12-15H2,1H3,(H2,24,29). The molecule has 1 saturated carbocycles. The van der Waals surface area contributed by atoms with E-state index in [4.69, 9.17) is 10.5 Å². The molecule has 0 spiro atoms. The zero-order valence-corrected chi connectivity index (χ0v) is 19.4. The molecule has 2 N–H and O–H groups in total. The Balaban J connectivity index is 1.27. The maximum atomic E-state index is 12.8. The number of likely N-dealkylation sites (tertiary alicyclic amines) is 2. The topological polar surface area (TPSA) is 79.1 Å². The normalized spacial score (nSPS) is 22.4. The van der Waals surface area contributed by atoms with Crippen LogP contribution in [0.15, 0.2) is 11.4 Å². The second kappa shape index (κ2) is 10.2.